The highest BCUT2D eigenvalue weighted by Gasteiger charge is 2.04. The Hall–Kier alpha value is -1.57. The monoisotopic (exact) mass is 190 g/mol. The molecule has 1 aromatic rings. The molecule has 0 spiro atoms. The topological polar surface area (TPSA) is 9.23 Å². The van der Waals surface area contributed by atoms with Crippen LogP contribution in [-0.4, -0.2) is 0 Å². The minimum absolute atomic E-state index is 0.283. The van der Waals surface area contributed by atoms with Crippen LogP contribution in [-0.2, 0) is 0 Å². The van der Waals surface area contributed by atoms with Crippen LogP contribution in [0.15, 0.2) is 48.3 Å². The maximum Gasteiger partial charge on any atom is 0.165 e. The van der Waals surface area contributed by atoms with E-state index >= 15 is 0 Å². The molecule has 0 saturated carbocycles. The largest absolute Gasteiger partial charge is 0.455 e. The van der Waals surface area contributed by atoms with Gasteiger partial charge in [-0.25, -0.2) is 4.39 Å². The van der Waals surface area contributed by atoms with Gasteiger partial charge in [0.05, 0.1) is 0 Å². The molecule has 0 unspecified atom stereocenters. The van der Waals surface area contributed by atoms with E-state index in [9.17, 15) is 4.39 Å². The fourth-order valence-electron chi connectivity index (χ4n) is 1.32. The molecule has 0 bridgehead atoms. The van der Waals surface area contributed by atoms with E-state index < -0.39 is 0 Å². The van der Waals surface area contributed by atoms with Gasteiger partial charge in [-0.1, -0.05) is 18.2 Å². The molecule has 1 aliphatic carbocycles. The van der Waals surface area contributed by atoms with Gasteiger partial charge in [0.2, 0.25) is 0 Å². The Morgan fingerprint density at radius 1 is 1.14 bits per heavy atom. The van der Waals surface area contributed by atoms with Gasteiger partial charge in [0.25, 0.3) is 0 Å². The van der Waals surface area contributed by atoms with Crippen molar-refractivity contribution in [2.75, 3.05) is 0 Å². The van der Waals surface area contributed by atoms with Crippen molar-refractivity contribution < 1.29 is 9.13 Å². The molecule has 1 nitrogen and oxygen atoms in total. The number of benzene rings is 1. The van der Waals surface area contributed by atoms with Gasteiger partial charge in [-0.15, -0.1) is 0 Å². The van der Waals surface area contributed by atoms with Crippen LogP contribution >= 0.6 is 0 Å². The number of hydrogen-bond acceptors (Lipinski definition) is 1. The van der Waals surface area contributed by atoms with Gasteiger partial charge in [-0.05, 0) is 37.1 Å². The Bertz CT molecular complexity index is 380. The average molecular weight is 190 g/mol. The zero-order valence-corrected chi connectivity index (χ0v) is 7.74. The second-order valence-corrected chi connectivity index (χ2v) is 3.12. The number of para-hydroxylation sites is 1. The molecule has 0 radical (unpaired) electrons. The molecule has 0 aromatic heterocycles. The van der Waals surface area contributed by atoms with Gasteiger partial charge >= 0.3 is 0 Å². The average Bonchev–Trinajstić information content (AvgIpc) is 2.23. The minimum Gasteiger partial charge on any atom is -0.455 e. The Labute approximate surface area is 82.5 Å². The lowest BCUT2D eigenvalue weighted by molar-refractivity contribution is 0.408. The molecule has 0 N–H and O–H groups in total. The van der Waals surface area contributed by atoms with Gasteiger partial charge in [-0.2, -0.15) is 0 Å². The molecule has 0 heterocycles. The molecule has 72 valence electrons. The first-order chi connectivity index (χ1) is 6.86. The number of rotatable bonds is 2. The van der Waals surface area contributed by atoms with Gasteiger partial charge in [0.15, 0.2) is 11.6 Å². The molecule has 14 heavy (non-hydrogen) atoms. The smallest absolute Gasteiger partial charge is 0.165 e. The van der Waals surface area contributed by atoms with Crippen molar-refractivity contribution in [2.45, 2.75) is 12.8 Å². The molecular formula is C12H11FO. The van der Waals surface area contributed by atoms with E-state index in [1.165, 1.54) is 6.07 Å². The van der Waals surface area contributed by atoms with E-state index in [1.807, 2.05) is 18.2 Å². The van der Waals surface area contributed by atoms with Gasteiger partial charge < -0.3 is 4.74 Å². The highest BCUT2D eigenvalue weighted by atomic mass is 19.1. The fraction of sp³-hybridized carbons (Fsp3) is 0.167. The highest BCUT2D eigenvalue weighted by Crippen LogP contribution is 2.20. The number of allylic oxidation sites excluding steroid dienone is 3. The van der Waals surface area contributed by atoms with E-state index in [1.54, 1.807) is 18.2 Å². The molecular weight excluding hydrogens is 179 g/mol. The predicted octanol–water partition coefficient (Wildman–Crippen LogP) is 3.44. The number of halogens is 1. The Morgan fingerprint density at radius 2 is 2.00 bits per heavy atom. The predicted molar refractivity (Wildman–Crippen MR) is 53.5 cm³/mol. The third kappa shape index (κ3) is 2.02. The van der Waals surface area contributed by atoms with Crippen LogP contribution in [0.2, 0.25) is 0 Å². The summed E-state index contributed by atoms with van der Waals surface area (Å²) in [7, 11) is 0. The zero-order valence-electron chi connectivity index (χ0n) is 7.74. The SMILES string of the molecule is Fc1ccccc1OC1=CCCC=C1. The molecule has 0 atom stereocenters. The summed E-state index contributed by atoms with van der Waals surface area (Å²) >= 11 is 0. The lowest BCUT2D eigenvalue weighted by atomic mass is 10.2. The van der Waals surface area contributed by atoms with Crippen LogP contribution in [0.3, 0.4) is 0 Å². The van der Waals surface area contributed by atoms with E-state index in [0.717, 1.165) is 18.6 Å². The van der Waals surface area contributed by atoms with E-state index in [4.69, 9.17) is 4.74 Å². The second-order valence-electron chi connectivity index (χ2n) is 3.12. The Morgan fingerprint density at radius 3 is 2.71 bits per heavy atom. The lowest BCUT2D eigenvalue weighted by Crippen LogP contribution is -1.96. The summed E-state index contributed by atoms with van der Waals surface area (Å²) < 4.78 is 18.6. The number of ether oxygens (including phenoxy) is 1. The van der Waals surface area contributed by atoms with E-state index in [-0.39, 0.29) is 11.6 Å². The Balaban J connectivity index is 2.14. The molecule has 1 aromatic carbocycles. The van der Waals surface area contributed by atoms with E-state index in [0.29, 0.717) is 0 Å². The van der Waals surface area contributed by atoms with E-state index in [2.05, 4.69) is 0 Å². The van der Waals surface area contributed by atoms with Crippen molar-refractivity contribution in [3.05, 3.63) is 54.1 Å². The lowest BCUT2D eigenvalue weighted by Gasteiger charge is -2.09. The highest BCUT2D eigenvalue weighted by molar-refractivity contribution is 5.29. The first-order valence-electron chi connectivity index (χ1n) is 4.65. The molecule has 0 saturated heterocycles. The second kappa shape index (κ2) is 4.09. The van der Waals surface area contributed by atoms with Crippen LogP contribution in [0.4, 0.5) is 4.39 Å². The maximum absolute atomic E-state index is 13.2. The maximum atomic E-state index is 13.2. The molecule has 0 fully saturated rings. The van der Waals surface area contributed by atoms with Crippen molar-refractivity contribution >= 4 is 0 Å². The summed E-state index contributed by atoms with van der Waals surface area (Å²) in [6, 6.07) is 6.42. The van der Waals surface area contributed by atoms with Crippen LogP contribution in [0.25, 0.3) is 0 Å². The normalized spacial score (nSPS) is 15.1. The summed E-state index contributed by atoms with van der Waals surface area (Å²) in [6.07, 6.45) is 7.85. The summed E-state index contributed by atoms with van der Waals surface area (Å²) in [5, 5.41) is 0. The van der Waals surface area contributed by atoms with Gasteiger partial charge in [0, 0.05) is 0 Å². The Kier molecular flexibility index (Phi) is 2.63. The zero-order chi connectivity index (χ0) is 9.80. The van der Waals surface area contributed by atoms with Gasteiger partial charge in [-0.3, -0.25) is 0 Å². The molecule has 2 heteroatoms. The summed E-state index contributed by atoms with van der Waals surface area (Å²) in [6.45, 7) is 0. The van der Waals surface area contributed by atoms with Crippen molar-refractivity contribution in [3.8, 4) is 5.75 Å². The first kappa shape index (κ1) is 9.00. The van der Waals surface area contributed by atoms with Crippen molar-refractivity contribution in [2.24, 2.45) is 0 Å². The van der Waals surface area contributed by atoms with Crippen LogP contribution in [0.1, 0.15) is 12.8 Å². The summed E-state index contributed by atoms with van der Waals surface area (Å²) in [5.41, 5.74) is 0. The molecule has 2 rings (SSSR count). The van der Waals surface area contributed by atoms with Crippen molar-refractivity contribution in [1.29, 1.82) is 0 Å². The van der Waals surface area contributed by atoms with Gasteiger partial charge in [0.1, 0.15) is 5.76 Å². The van der Waals surface area contributed by atoms with Crippen LogP contribution in [0.5, 0.6) is 5.75 Å². The standard InChI is InChI=1S/C12H11FO/c13-11-8-4-5-9-12(11)14-10-6-2-1-3-7-10/h2,4-9H,1,3H2. The molecule has 0 amide bonds. The third-order valence-electron chi connectivity index (χ3n) is 2.03. The van der Waals surface area contributed by atoms with Crippen molar-refractivity contribution in [1.82, 2.24) is 0 Å². The first-order valence-corrected chi connectivity index (χ1v) is 4.65. The van der Waals surface area contributed by atoms with Crippen LogP contribution < -0.4 is 4.74 Å². The van der Waals surface area contributed by atoms with Crippen molar-refractivity contribution in [3.63, 3.8) is 0 Å². The minimum atomic E-state index is -0.327. The third-order valence-corrected chi connectivity index (χ3v) is 2.03. The number of hydrogen-bond donors (Lipinski definition) is 0. The summed E-state index contributed by atoms with van der Waals surface area (Å²) in [4.78, 5) is 0. The van der Waals surface area contributed by atoms with Crippen LogP contribution in [0, 0.1) is 5.82 Å². The summed E-state index contributed by atoms with van der Waals surface area (Å²) in [5.74, 6) is 0.680. The molecule has 0 aliphatic heterocycles. The molecule has 1 aliphatic rings. The quantitative estimate of drug-likeness (QED) is 0.694. The fourth-order valence-corrected chi connectivity index (χ4v) is 1.32.